The van der Waals surface area contributed by atoms with Crippen LogP contribution in [0.15, 0.2) is 24.4 Å². The molecule has 3 rings (SSSR count). The third-order valence-corrected chi connectivity index (χ3v) is 3.86. The van der Waals surface area contributed by atoms with E-state index in [9.17, 15) is 4.79 Å². The van der Waals surface area contributed by atoms with Crippen molar-refractivity contribution in [3.8, 4) is 0 Å². The first-order valence-corrected chi connectivity index (χ1v) is 6.53. The molecule has 2 heterocycles. The van der Waals surface area contributed by atoms with Crippen LogP contribution < -0.4 is 4.90 Å². The number of rotatable bonds is 1. The van der Waals surface area contributed by atoms with Gasteiger partial charge in [-0.1, -0.05) is 11.6 Å². The number of aromatic nitrogens is 1. The van der Waals surface area contributed by atoms with Crippen molar-refractivity contribution in [2.75, 3.05) is 31.1 Å². The second-order valence-electron chi connectivity index (χ2n) is 4.59. The van der Waals surface area contributed by atoms with E-state index in [4.69, 9.17) is 16.7 Å². The topological polar surface area (TPSA) is 59.6 Å². The van der Waals surface area contributed by atoms with Crippen molar-refractivity contribution in [3.63, 3.8) is 0 Å². The summed E-state index contributed by atoms with van der Waals surface area (Å²) in [6.45, 7) is 2.47. The van der Waals surface area contributed by atoms with Crippen LogP contribution in [0, 0.1) is 0 Å². The van der Waals surface area contributed by atoms with Crippen molar-refractivity contribution >= 4 is 34.3 Å². The fourth-order valence-corrected chi connectivity index (χ4v) is 2.74. The van der Waals surface area contributed by atoms with Crippen LogP contribution in [0.1, 0.15) is 0 Å². The summed E-state index contributed by atoms with van der Waals surface area (Å²) in [5.74, 6) is 0. The highest BCUT2D eigenvalue weighted by Gasteiger charge is 2.22. The van der Waals surface area contributed by atoms with Crippen LogP contribution in [0.4, 0.5) is 10.5 Å². The lowest BCUT2D eigenvalue weighted by molar-refractivity contribution is 0.142. The number of nitrogens with one attached hydrogen (secondary N) is 1. The van der Waals surface area contributed by atoms with Crippen LogP contribution in [-0.2, 0) is 0 Å². The Morgan fingerprint density at radius 3 is 2.63 bits per heavy atom. The summed E-state index contributed by atoms with van der Waals surface area (Å²) in [5, 5.41) is 10.7. The molecule has 0 bridgehead atoms. The number of piperazine rings is 1. The maximum Gasteiger partial charge on any atom is 0.407 e. The second kappa shape index (κ2) is 4.66. The highest BCUT2D eigenvalue weighted by Crippen LogP contribution is 2.31. The zero-order chi connectivity index (χ0) is 13.4. The molecule has 0 spiro atoms. The molecular weight excluding hydrogens is 266 g/mol. The summed E-state index contributed by atoms with van der Waals surface area (Å²) in [5.41, 5.74) is 2.03. The van der Waals surface area contributed by atoms with Crippen LogP contribution in [0.25, 0.3) is 10.9 Å². The number of halogens is 1. The average molecular weight is 280 g/mol. The van der Waals surface area contributed by atoms with Crippen molar-refractivity contribution in [1.82, 2.24) is 9.88 Å². The fraction of sp³-hybridized carbons (Fsp3) is 0.308. The van der Waals surface area contributed by atoms with Gasteiger partial charge in [-0.25, -0.2) is 4.79 Å². The molecule has 100 valence electrons. The normalized spacial score (nSPS) is 16.1. The zero-order valence-corrected chi connectivity index (χ0v) is 11.0. The minimum atomic E-state index is -0.845. The summed E-state index contributed by atoms with van der Waals surface area (Å²) in [4.78, 5) is 17.7. The second-order valence-corrected chi connectivity index (χ2v) is 5.00. The van der Waals surface area contributed by atoms with E-state index < -0.39 is 6.09 Å². The Kier molecular flexibility index (Phi) is 2.98. The maximum atomic E-state index is 10.9. The van der Waals surface area contributed by atoms with E-state index in [1.54, 1.807) is 0 Å². The summed E-state index contributed by atoms with van der Waals surface area (Å²) in [6.07, 6.45) is 1.02. The maximum absolute atomic E-state index is 10.9. The van der Waals surface area contributed by atoms with Crippen LogP contribution in [0.2, 0.25) is 5.02 Å². The number of nitrogens with zero attached hydrogens (tertiary/aromatic N) is 2. The number of fused-ring (bicyclic) bond motifs is 1. The van der Waals surface area contributed by atoms with Crippen molar-refractivity contribution in [2.45, 2.75) is 0 Å². The summed E-state index contributed by atoms with van der Waals surface area (Å²) >= 11 is 6.14. The van der Waals surface area contributed by atoms with E-state index in [0.29, 0.717) is 31.2 Å². The smallest absolute Gasteiger partial charge is 0.407 e. The highest BCUT2D eigenvalue weighted by atomic mass is 35.5. The Labute approximate surface area is 115 Å². The minimum absolute atomic E-state index is 0.532. The Morgan fingerprint density at radius 2 is 1.95 bits per heavy atom. The third kappa shape index (κ3) is 2.10. The number of amides is 1. The number of benzene rings is 1. The zero-order valence-electron chi connectivity index (χ0n) is 10.3. The van der Waals surface area contributed by atoms with Gasteiger partial charge < -0.3 is 19.9 Å². The van der Waals surface area contributed by atoms with Crippen molar-refractivity contribution in [2.24, 2.45) is 0 Å². The molecule has 1 aromatic heterocycles. The van der Waals surface area contributed by atoms with E-state index in [1.807, 2.05) is 24.4 Å². The van der Waals surface area contributed by atoms with Gasteiger partial charge >= 0.3 is 6.09 Å². The van der Waals surface area contributed by atoms with E-state index in [0.717, 1.165) is 16.6 Å². The molecule has 1 saturated heterocycles. The van der Waals surface area contributed by atoms with Crippen LogP contribution in [0.5, 0.6) is 0 Å². The minimum Gasteiger partial charge on any atom is -0.465 e. The predicted octanol–water partition coefficient (Wildman–Crippen LogP) is 2.62. The Bertz CT molecular complexity index is 617. The van der Waals surface area contributed by atoms with Crippen molar-refractivity contribution in [3.05, 3.63) is 29.4 Å². The molecular formula is C13H14ClN3O2. The number of hydrogen-bond donors (Lipinski definition) is 2. The summed E-state index contributed by atoms with van der Waals surface area (Å²) in [6, 6.07) is 5.87. The molecule has 2 N–H and O–H groups in total. The predicted molar refractivity (Wildman–Crippen MR) is 75.1 cm³/mol. The number of carbonyl (C=O) groups is 1. The lowest BCUT2D eigenvalue weighted by Crippen LogP contribution is -2.48. The molecule has 1 aliphatic heterocycles. The number of aromatic amines is 1. The fourth-order valence-electron chi connectivity index (χ4n) is 2.52. The quantitative estimate of drug-likeness (QED) is 0.844. The van der Waals surface area contributed by atoms with Gasteiger partial charge in [-0.2, -0.15) is 0 Å². The molecule has 2 aromatic rings. The molecule has 0 saturated carbocycles. The molecule has 1 aromatic carbocycles. The third-order valence-electron chi connectivity index (χ3n) is 3.54. The van der Waals surface area contributed by atoms with Gasteiger partial charge in [0.1, 0.15) is 0 Å². The van der Waals surface area contributed by atoms with Gasteiger partial charge in [-0.3, -0.25) is 0 Å². The Hall–Kier alpha value is -1.88. The molecule has 1 fully saturated rings. The Morgan fingerprint density at radius 1 is 1.21 bits per heavy atom. The lowest BCUT2D eigenvalue weighted by atomic mass is 10.1. The molecule has 5 nitrogen and oxygen atoms in total. The molecule has 0 radical (unpaired) electrons. The van der Waals surface area contributed by atoms with Gasteiger partial charge in [0, 0.05) is 43.4 Å². The average Bonchev–Trinajstić information content (AvgIpc) is 2.89. The monoisotopic (exact) mass is 279 g/mol. The van der Waals surface area contributed by atoms with Gasteiger partial charge in [-0.15, -0.1) is 0 Å². The number of hydrogen-bond acceptors (Lipinski definition) is 2. The highest BCUT2D eigenvalue weighted by molar-refractivity contribution is 6.35. The van der Waals surface area contributed by atoms with Crippen LogP contribution >= 0.6 is 11.6 Å². The van der Waals surface area contributed by atoms with Crippen molar-refractivity contribution < 1.29 is 9.90 Å². The van der Waals surface area contributed by atoms with E-state index in [1.165, 1.54) is 4.90 Å². The standard InChI is InChI=1S/C13H14ClN3O2/c14-10-1-2-11(9-3-4-15-12(9)10)16-5-7-17(8-6-16)13(18)19/h1-4,15H,5-8H2,(H,18,19). The van der Waals surface area contributed by atoms with Gasteiger partial charge in [0.25, 0.3) is 0 Å². The largest absolute Gasteiger partial charge is 0.465 e. The first-order chi connectivity index (χ1) is 9.16. The molecule has 19 heavy (non-hydrogen) atoms. The molecule has 1 amide bonds. The van der Waals surface area contributed by atoms with Crippen molar-refractivity contribution in [1.29, 1.82) is 0 Å². The summed E-state index contributed by atoms with van der Waals surface area (Å²) < 4.78 is 0. The first kappa shape index (κ1) is 12.2. The Balaban J connectivity index is 1.88. The number of anilines is 1. The van der Waals surface area contributed by atoms with Gasteiger partial charge in [0.15, 0.2) is 0 Å². The lowest BCUT2D eigenvalue weighted by Gasteiger charge is -2.35. The van der Waals surface area contributed by atoms with Crippen LogP contribution in [0.3, 0.4) is 0 Å². The first-order valence-electron chi connectivity index (χ1n) is 6.15. The van der Waals surface area contributed by atoms with Gasteiger partial charge in [-0.05, 0) is 18.2 Å². The number of carboxylic acid groups (broad SMARTS) is 1. The molecule has 0 atom stereocenters. The molecule has 0 aliphatic carbocycles. The summed E-state index contributed by atoms with van der Waals surface area (Å²) in [7, 11) is 0. The van der Waals surface area contributed by atoms with E-state index >= 15 is 0 Å². The van der Waals surface area contributed by atoms with Crippen LogP contribution in [-0.4, -0.2) is 47.3 Å². The molecule has 6 heteroatoms. The van der Waals surface area contributed by atoms with E-state index in [-0.39, 0.29) is 0 Å². The van der Waals surface area contributed by atoms with E-state index in [2.05, 4.69) is 9.88 Å². The van der Waals surface area contributed by atoms with Gasteiger partial charge in [0.05, 0.1) is 10.5 Å². The SMILES string of the molecule is O=C(O)N1CCN(c2ccc(Cl)c3[nH]ccc23)CC1. The molecule has 1 aliphatic rings. The van der Waals surface area contributed by atoms with Gasteiger partial charge in [0.2, 0.25) is 0 Å². The molecule has 0 unspecified atom stereocenters. The number of H-pyrrole nitrogens is 1.